The summed E-state index contributed by atoms with van der Waals surface area (Å²) in [4.78, 5) is 2.54. The topological polar surface area (TPSA) is 3.24 Å². The first-order chi connectivity index (χ1) is 34.2. The zero-order chi connectivity index (χ0) is 45.5. The van der Waals surface area contributed by atoms with Crippen molar-refractivity contribution in [2.75, 3.05) is 4.90 Å². The van der Waals surface area contributed by atoms with E-state index in [-0.39, 0.29) is 0 Å². The summed E-state index contributed by atoms with van der Waals surface area (Å²) in [6.45, 7) is 0. The van der Waals surface area contributed by atoms with Gasteiger partial charge in [-0.25, -0.2) is 0 Å². The average molecular weight is 876 g/mol. The lowest BCUT2D eigenvalue weighted by Gasteiger charge is -2.34. The molecule has 1 heteroatoms. The van der Waals surface area contributed by atoms with Crippen LogP contribution in [-0.4, -0.2) is 0 Å². The Morgan fingerprint density at radius 1 is 0.232 bits per heavy atom. The van der Waals surface area contributed by atoms with E-state index in [1.54, 1.807) is 0 Å². The third-order valence-electron chi connectivity index (χ3n) is 15.3. The summed E-state index contributed by atoms with van der Waals surface area (Å²) in [5.74, 6) is 0. The van der Waals surface area contributed by atoms with Gasteiger partial charge in [0.15, 0.2) is 0 Å². The lowest BCUT2D eigenvalue weighted by atomic mass is 9.68. The summed E-state index contributed by atoms with van der Waals surface area (Å²) in [5, 5.41) is 0. The lowest BCUT2D eigenvalue weighted by Crippen LogP contribution is -2.28. The summed E-state index contributed by atoms with van der Waals surface area (Å²) in [7, 11) is 0. The molecule has 0 saturated carbocycles. The van der Waals surface area contributed by atoms with Gasteiger partial charge < -0.3 is 4.90 Å². The molecule has 322 valence electrons. The van der Waals surface area contributed by atoms with E-state index in [0.717, 1.165) is 22.6 Å². The predicted octanol–water partition coefficient (Wildman–Crippen LogP) is 17.2. The number of anilines is 3. The number of fused-ring (bicyclic) bond motifs is 13. The number of hydrogen-bond acceptors (Lipinski definition) is 1. The molecule has 3 aliphatic carbocycles. The normalized spacial score (nSPS) is 13.7. The van der Waals surface area contributed by atoms with Crippen LogP contribution in [0.1, 0.15) is 44.5 Å². The molecule has 0 bridgehead atoms. The fourth-order valence-corrected chi connectivity index (χ4v) is 12.6. The first kappa shape index (κ1) is 39.4. The molecule has 0 radical (unpaired) electrons. The van der Waals surface area contributed by atoms with E-state index in [1.165, 1.54) is 94.6 Å². The van der Waals surface area contributed by atoms with Crippen molar-refractivity contribution in [1.29, 1.82) is 0 Å². The number of rotatable bonds is 7. The Bertz CT molecular complexity index is 3710. The van der Waals surface area contributed by atoms with Crippen molar-refractivity contribution in [2.24, 2.45) is 0 Å². The minimum absolute atomic E-state index is 0.470. The van der Waals surface area contributed by atoms with Crippen LogP contribution in [0.2, 0.25) is 0 Å². The van der Waals surface area contributed by atoms with Crippen LogP contribution in [0, 0.1) is 0 Å². The van der Waals surface area contributed by atoms with E-state index in [1.807, 2.05) is 0 Å². The monoisotopic (exact) mass is 875 g/mol. The molecule has 69 heavy (non-hydrogen) atoms. The molecule has 0 unspecified atom stereocenters. The van der Waals surface area contributed by atoms with Gasteiger partial charge in [-0.1, -0.05) is 237 Å². The highest BCUT2D eigenvalue weighted by Gasteiger charge is 2.52. The first-order valence-corrected chi connectivity index (χ1v) is 24.1. The van der Waals surface area contributed by atoms with E-state index in [4.69, 9.17) is 0 Å². The molecule has 0 aromatic heterocycles. The number of benzene rings is 11. The number of nitrogens with zero attached hydrogens (tertiary/aromatic N) is 1. The highest BCUT2D eigenvalue weighted by molar-refractivity contribution is 6.02. The molecule has 0 amide bonds. The van der Waals surface area contributed by atoms with Crippen molar-refractivity contribution < 1.29 is 0 Å². The maximum absolute atomic E-state index is 2.54. The predicted molar refractivity (Wildman–Crippen MR) is 286 cm³/mol. The van der Waals surface area contributed by atoms with Crippen LogP contribution in [0.3, 0.4) is 0 Å². The Morgan fingerprint density at radius 2 is 0.638 bits per heavy atom. The van der Waals surface area contributed by atoms with Gasteiger partial charge in [-0.15, -0.1) is 0 Å². The van der Waals surface area contributed by atoms with Crippen LogP contribution in [0.25, 0.3) is 55.6 Å². The average Bonchev–Trinajstić information content (AvgIpc) is 4.02. The van der Waals surface area contributed by atoms with Gasteiger partial charge in [0.1, 0.15) is 0 Å². The molecule has 0 N–H and O–H groups in total. The molecule has 0 aliphatic heterocycles. The van der Waals surface area contributed by atoms with Crippen molar-refractivity contribution in [3.05, 3.63) is 317 Å². The molecule has 14 rings (SSSR count). The van der Waals surface area contributed by atoms with Crippen molar-refractivity contribution in [3.8, 4) is 55.6 Å². The Kier molecular flexibility index (Phi) is 8.78. The van der Waals surface area contributed by atoms with Crippen LogP contribution >= 0.6 is 0 Å². The third kappa shape index (κ3) is 5.59. The molecule has 0 heterocycles. The smallest absolute Gasteiger partial charge is 0.0726 e. The van der Waals surface area contributed by atoms with Crippen molar-refractivity contribution in [3.63, 3.8) is 0 Å². The van der Waals surface area contributed by atoms with Gasteiger partial charge in [-0.3, -0.25) is 0 Å². The van der Waals surface area contributed by atoms with Crippen molar-refractivity contribution in [1.82, 2.24) is 0 Å². The van der Waals surface area contributed by atoms with E-state index >= 15 is 0 Å². The summed E-state index contributed by atoms with van der Waals surface area (Å²) in [6, 6.07) is 102. The molecular weight excluding hydrogens is 831 g/mol. The van der Waals surface area contributed by atoms with Crippen LogP contribution in [0.4, 0.5) is 17.1 Å². The minimum Gasteiger partial charge on any atom is -0.310 e. The second-order valence-corrected chi connectivity index (χ2v) is 18.7. The molecular formula is C68H45N. The maximum atomic E-state index is 2.54. The second kappa shape index (κ2) is 15.4. The van der Waals surface area contributed by atoms with Gasteiger partial charge in [0.05, 0.1) is 16.5 Å². The molecule has 0 saturated heterocycles. The molecule has 11 aromatic carbocycles. The van der Waals surface area contributed by atoms with Gasteiger partial charge in [-0.2, -0.15) is 0 Å². The fraction of sp³-hybridized carbons (Fsp3) is 0.0294. The molecule has 11 aromatic rings. The standard InChI is InChI=1S/C68H45N/c1-4-21-46(22-5-1)47-23-18-24-48(43-47)49-25-19-30-52(44-49)69(53-41-42-63-58(45-53)56-33-12-14-35-59(56)67(63,50-26-6-2-7-27-50)51-28-8-3-9-29-51)65-40-20-39-64-66(65)57-34-13-17-38-62(57)68(64)60-36-15-10-31-54(60)55-32-11-16-37-61(55)68/h1-45H. The minimum atomic E-state index is -0.496. The van der Waals surface area contributed by atoms with Crippen LogP contribution in [-0.2, 0) is 10.8 Å². The number of hydrogen-bond donors (Lipinski definition) is 0. The summed E-state index contributed by atoms with van der Waals surface area (Å²) in [6.07, 6.45) is 0. The lowest BCUT2D eigenvalue weighted by molar-refractivity contribution is 0.768. The highest BCUT2D eigenvalue weighted by Crippen LogP contribution is 2.65. The first-order valence-electron chi connectivity index (χ1n) is 24.1. The zero-order valence-corrected chi connectivity index (χ0v) is 37.9. The van der Waals surface area contributed by atoms with Gasteiger partial charge >= 0.3 is 0 Å². The van der Waals surface area contributed by atoms with Crippen LogP contribution in [0.5, 0.6) is 0 Å². The largest absolute Gasteiger partial charge is 0.310 e. The SMILES string of the molecule is c1ccc(-c2cccc(-c3cccc(N(c4ccc5c(c4)-c4ccccc4C5(c4ccccc4)c4ccccc4)c4cccc5c4-c4ccccc4C54c5ccccc5-c5ccccc54)c3)c2)cc1. The molecule has 0 atom stereocenters. The van der Waals surface area contributed by atoms with Crippen molar-refractivity contribution >= 4 is 17.1 Å². The third-order valence-corrected chi connectivity index (χ3v) is 15.3. The van der Waals surface area contributed by atoms with Gasteiger partial charge in [0.2, 0.25) is 0 Å². The molecule has 1 spiro atoms. The highest BCUT2D eigenvalue weighted by atomic mass is 15.1. The van der Waals surface area contributed by atoms with Crippen molar-refractivity contribution in [2.45, 2.75) is 10.8 Å². The Hall–Kier alpha value is -8.78. The second-order valence-electron chi connectivity index (χ2n) is 18.7. The Labute approximate surface area is 403 Å². The molecule has 3 aliphatic rings. The maximum Gasteiger partial charge on any atom is 0.0726 e. The molecule has 0 fully saturated rings. The van der Waals surface area contributed by atoms with Crippen LogP contribution < -0.4 is 4.90 Å². The Balaban J connectivity index is 1.04. The molecule has 1 nitrogen and oxygen atoms in total. The van der Waals surface area contributed by atoms with E-state index in [2.05, 4.69) is 278 Å². The summed E-state index contributed by atoms with van der Waals surface area (Å²) >= 11 is 0. The fourth-order valence-electron chi connectivity index (χ4n) is 12.6. The van der Waals surface area contributed by atoms with Gasteiger partial charge in [0.25, 0.3) is 0 Å². The summed E-state index contributed by atoms with van der Waals surface area (Å²) < 4.78 is 0. The Morgan fingerprint density at radius 3 is 1.26 bits per heavy atom. The van der Waals surface area contributed by atoms with E-state index in [9.17, 15) is 0 Å². The van der Waals surface area contributed by atoms with Crippen LogP contribution in [0.15, 0.2) is 273 Å². The van der Waals surface area contributed by atoms with E-state index in [0.29, 0.717) is 0 Å². The van der Waals surface area contributed by atoms with Gasteiger partial charge in [0, 0.05) is 16.9 Å². The quantitative estimate of drug-likeness (QED) is 0.154. The zero-order valence-electron chi connectivity index (χ0n) is 37.9. The van der Waals surface area contributed by atoms with Gasteiger partial charge in [-0.05, 0) is 131 Å². The summed E-state index contributed by atoms with van der Waals surface area (Å²) in [5.41, 5.74) is 25.2. The van der Waals surface area contributed by atoms with E-state index < -0.39 is 10.8 Å².